The maximum absolute atomic E-state index is 10.7. The molecule has 4 aromatic rings. The normalized spacial score (nSPS) is 11.6. The fourth-order valence-electron chi connectivity index (χ4n) is 3.31. The third kappa shape index (κ3) is 4.50. The molecule has 0 aliphatic carbocycles. The molecule has 0 bridgehead atoms. The number of rotatable bonds is 6. The molecule has 0 atom stereocenters. The SMILES string of the molecule is O=C(O)/C=C/c1cccc(N=Cc2cn(Cc3ccccc3)c3ccccc23)c1. The van der Waals surface area contributed by atoms with Gasteiger partial charge in [-0.15, -0.1) is 0 Å². The van der Waals surface area contributed by atoms with Crippen LogP contribution in [0.4, 0.5) is 5.69 Å². The standard InChI is InChI=1S/C25H20N2O2/c28-25(29)14-13-19-9-6-10-22(15-19)26-16-21-18-27(17-20-7-2-1-3-8-20)24-12-5-4-11-23(21)24/h1-16,18H,17H2,(H,28,29)/b14-13+,26-16?. The van der Waals surface area contributed by atoms with Crippen molar-refractivity contribution in [1.29, 1.82) is 0 Å². The summed E-state index contributed by atoms with van der Waals surface area (Å²) in [5, 5.41) is 9.93. The van der Waals surface area contributed by atoms with E-state index in [0.717, 1.165) is 40.3 Å². The van der Waals surface area contributed by atoms with Gasteiger partial charge in [-0.25, -0.2) is 4.79 Å². The fraction of sp³-hybridized carbons (Fsp3) is 0.0400. The van der Waals surface area contributed by atoms with E-state index in [2.05, 4.69) is 52.2 Å². The van der Waals surface area contributed by atoms with E-state index in [1.54, 1.807) is 6.08 Å². The van der Waals surface area contributed by atoms with E-state index in [1.807, 2.05) is 48.7 Å². The van der Waals surface area contributed by atoms with E-state index in [1.165, 1.54) is 5.56 Å². The van der Waals surface area contributed by atoms with Crippen molar-refractivity contribution in [1.82, 2.24) is 4.57 Å². The molecule has 0 amide bonds. The van der Waals surface area contributed by atoms with Crippen molar-refractivity contribution in [3.8, 4) is 0 Å². The number of aliphatic carboxylic acids is 1. The molecule has 0 spiro atoms. The van der Waals surface area contributed by atoms with Crippen LogP contribution < -0.4 is 0 Å². The molecule has 4 rings (SSSR count). The summed E-state index contributed by atoms with van der Waals surface area (Å²) >= 11 is 0. The zero-order valence-corrected chi connectivity index (χ0v) is 15.8. The molecule has 29 heavy (non-hydrogen) atoms. The van der Waals surface area contributed by atoms with Crippen molar-refractivity contribution in [2.45, 2.75) is 6.54 Å². The van der Waals surface area contributed by atoms with Crippen LogP contribution in [0.2, 0.25) is 0 Å². The van der Waals surface area contributed by atoms with E-state index in [9.17, 15) is 4.79 Å². The van der Waals surface area contributed by atoms with Gasteiger partial charge in [0, 0.05) is 41.5 Å². The first kappa shape index (κ1) is 18.4. The second kappa shape index (κ2) is 8.40. The molecule has 0 fully saturated rings. The Morgan fingerprint density at radius 3 is 2.59 bits per heavy atom. The first-order valence-electron chi connectivity index (χ1n) is 9.36. The Balaban J connectivity index is 1.65. The molecule has 0 saturated heterocycles. The molecule has 1 N–H and O–H groups in total. The highest BCUT2D eigenvalue weighted by Crippen LogP contribution is 2.22. The second-order valence-electron chi connectivity index (χ2n) is 6.74. The summed E-state index contributed by atoms with van der Waals surface area (Å²) in [4.78, 5) is 15.3. The number of fused-ring (bicyclic) bond motifs is 1. The molecule has 142 valence electrons. The average molecular weight is 380 g/mol. The molecule has 3 aromatic carbocycles. The van der Waals surface area contributed by atoms with Crippen molar-refractivity contribution in [2.75, 3.05) is 0 Å². The number of carboxylic acids is 1. The van der Waals surface area contributed by atoms with Gasteiger partial charge in [0.15, 0.2) is 0 Å². The number of hydrogen-bond acceptors (Lipinski definition) is 2. The minimum absolute atomic E-state index is 0.775. The number of benzene rings is 3. The van der Waals surface area contributed by atoms with Crippen LogP contribution in [-0.4, -0.2) is 21.9 Å². The van der Waals surface area contributed by atoms with Crippen LogP contribution in [0.15, 0.2) is 96.1 Å². The third-order valence-electron chi connectivity index (χ3n) is 4.66. The Labute approximate surface area is 169 Å². The number of para-hydroxylation sites is 1. The number of hydrogen-bond donors (Lipinski definition) is 1. The lowest BCUT2D eigenvalue weighted by Gasteiger charge is -2.05. The number of aromatic nitrogens is 1. The molecular formula is C25H20N2O2. The Kier molecular flexibility index (Phi) is 5.34. The van der Waals surface area contributed by atoms with Crippen molar-refractivity contribution in [3.05, 3.63) is 108 Å². The van der Waals surface area contributed by atoms with Gasteiger partial charge < -0.3 is 9.67 Å². The van der Waals surface area contributed by atoms with Gasteiger partial charge >= 0.3 is 5.97 Å². The van der Waals surface area contributed by atoms with E-state index in [-0.39, 0.29) is 0 Å². The average Bonchev–Trinajstić information content (AvgIpc) is 3.09. The smallest absolute Gasteiger partial charge is 0.328 e. The van der Waals surface area contributed by atoms with Crippen LogP contribution >= 0.6 is 0 Å². The van der Waals surface area contributed by atoms with Crippen molar-refractivity contribution in [2.24, 2.45) is 4.99 Å². The van der Waals surface area contributed by atoms with Crippen LogP contribution in [0.1, 0.15) is 16.7 Å². The van der Waals surface area contributed by atoms with Crippen molar-refractivity contribution >= 4 is 34.9 Å². The molecule has 0 unspecified atom stereocenters. The second-order valence-corrected chi connectivity index (χ2v) is 6.74. The summed E-state index contributed by atoms with van der Waals surface area (Å²) in [5.41, 5.74) is 5.03. The first-order valence-corrected chi connectivity index (χ1v) is 9.36. The Bertz CT molecular complexity index is 1200. The lowest BCUT2D eigenvalue weighted by atomic mass is 10.2. The molecule has 0 radical (unpaired) electrons. The van der Waals surface area contributed by atoms with Crippen LogP contribution in [0, 0.1) is 0 Å². The van der Waals surface area contributed by atoms with E-state index < -0.39 is 5.97 Å². The number of aliphatic imine (C=N–C) groups is 1. The molecule has 1 heterocycles. The van der Waals surface area contributed by atoms with Gasteiger partial charge in [-0.1, -0.05) is 60.7 Å². The minimum atomic E-state index is -0.967. The molecule has 4 heteroatoms. The van der Waals surface area contributed by atoms with Gasteiger partial charge in [0.05, 0.1) is 5.69 Å². The van der Waals surface area contributed by atoms with Gasteiger partial charge in [-0.05, 0) is 35.4 Å². The largest absolute Gasteiger partial charge is 0.478 e. The number of carbonyl (C=O) groups is 1. The summed E-state index contributed by atoms with van der Waals surface area (Å²) in [6, 6.07) is 26.1. The fourth-order valence-corrected chi connectivity index (χ4v) is 3.31. The van der Waals surface area contributed by atoms with Crippen LogP contribution in [0.25, 0.3) is 17.0 Å². The molecular weight excluding hydrogens is 360 g/mol. The predicted octanol–water partition coefficient (Wildman–Crippen LogP) is 5.54. The minimum Gasteiger partial charge on any atom is -0.478 e. The summed E-state index contributed by atoms with van der Waals surface area (Å²) in [5.74, 6) is -0.967. The Morgan fingerprint density at radius 2 is 1.76 bits per heavy atom. The highest BCUT2D eigenvalue weighted by molar-refractivity contribution is 6.00. The summed E-state index contributed by atoms with van der Waals surface area (Å²) < 4.78 is 2.23. The topological polar surface area (TPSA) is 54.6 Å². The Hall–Kier alpha value is -3.92. The summed E-state index contributed by atoms with van der Waals surface area (Å²) in [6.45, 7) is 0.796. The monoisotopic (exact) mass is 380 g/mol. The molecule has 0 aliphatic rings. The zero-order chi connectivity index (χ0) is 20.1. The van der Waals surface area contributed by atoms with Crippen LogP contribution in [-0.2, 0) is 11.3 Å². The quantitative estimate of drug-likeness (QED) is 0.353. The van der Waals surface area contributed by atoms with Gasteiger partial charge in [-0.2, -0.15) is 0 Å². The third-order valence-corrected chi connectivity index (χ3v) is 4.66. The van der Waals surface area contributed by atoms with Gasteiger partial charge in [0.2, 0.25) is 0 Å². The first-order chi connectivity index (χ1) is 14.2. The molecule has 0 saturated carbocycles. The van der Waals surface area contributed by atoms with E-state index >= 15 is 0 Å². The van der Waals surface area contributed by atoms with Crippen LogP contribution in [0.3, 0.4) is 0 Å². The zero-order valence-electron chi connectivity index (χ0n) is 15.8. The molecule has 1 aromatic heterocycles. The van der Waals surface area contributed by atoms with Gasteiger partial charge in [0.25, 0.3) is 0 Å². The van der Waals surface area contributed by atoms with E-state index in [4.69, 9.17) is 5.11 Å². The summed E-state index contributed by atoms with van der Waals surface area (Å²) in [7, 11) is 0. The maximum Gasteiger partial charge on any atom is 0.328 e. The van der Waals surface area contributed by atoms with E-state index in [0.29, 0.717) is 0 Å². The summed E-state index contributed by atoms with van der Waals surface area (Å²) in [6.07, 6.45) is 6.67. The predicted molar refractivity (Wildman–Crippen MR) is 118 cm³/mol. The van der Waals surface area contributed by atoms with Gasteiger partial charge in [-0.3, -0.25) is 4.99 Å². The van der Waals surface area contributed by atoms with Crippen LogP contribution in [0.5, 0.6) is 0 Å². The lowest BCUT2D eigenvalue weighted by molar-refractivity contribution is -0.131. The van der Waals surface area contributed by atoms with Crippen molar-refractivity contribution < 1.29 is 9.90 Å². The number of carboxylic acid groups (broad SMARTS) is 1. The highest BCUT2D eigenvalue weighted by Gasteiger charge is 2.07. The number of nitrogens with zero attached hydrogens (tertiary/aromatic N) is 2. The molecule has 0 aliphatic heterocycles. The van der Waals surface area contributed by atoms with Crippen molar-refractivity contribution in [3.63, 3.8) is 0 Å². The lowest BCUT2D eigenvalue weighted by Crippen LogP contribution is -1.97. The maximum atomic E-state index is 10.7. The highest BCUT2D eigenvalue weighted by atomic mass is 16.4. The molecule has 4 nitrogen and oxygen atoms in total. The Morgan fingerprint density at radius 1 is 0.966 bits per heavy atom. The van der Waals surface area contributed by atoms with Gasteiger partial charge in [0.1, 0.15) is 0 Å².